The van der Waals surface area contributed by atoms with Gasteiger partial charge in [0.2, 0.25) is 0 Å². The number of ether oxygens (including phenoxy) is 2. The molecule has 0 aliphatic heterocycles. The highest BCUT2D eigenvalue weighted by Gasteiger charge is 2.10. The van der Waals surface area contributed by atoms with Gasteiger partial charge >= 0.3 is 5.97 Å². The first kappa shape index (κ1) is 14.8. The maximum Gasteiger partial charge on any atom is 0.338 e. The maximum atomic E-state index is 12.0. The summed E-state index contributed by atoms with van der Waals surface area (Å²) < 4.78 is 10.4. The molecular weight excluding hydrogens is 268 g/mol. The van der Waals surface area contributed by atoms with E-state index in [1.54, 1.807) is 31.4 Å². The standard InChI is InChI=1S/C16H18N2O3/c1-10-6-12(4-5-15(10)17)16(19)21-9-13-8-14(20-3)7-11(2)18-13/h4-8H,9,17H2,1-3H3. The van der Waals surface area contributed by atoms with Gasteiger partial charge in [-0.1, -0.05) is 0 Å². The Labute approximate surface area is 123 Å². The Morgan fingerprint density at radius 2 is 2.00 bits per heavy atom. The highest BCUT2D eigenvalue weighted by atomic mass is 16.5. The molecule has 0 aliphatic rings. The number of carbonyl (C=O) groups excluding carboxylic acids is 1. The number of nitrogens with zero attached hydrogens (tertiary/aromatic N) is 1. The third-order valence-corrected chi connectivity index (χ3v) is 3.07. The Kier molecular flexibility index (Phi) is 4.42. The molecule has 0 bridgehead atoms. The van der Waals surface area contributed by atoms with Crippen LogP contribution in [0, 0.1) is 13.8 Å². The van der Waals surface area contributed by atoms with E-state index in [-0.39, 0.29) is 6.61 Å². The molecular formula is C16H18N2O3. The molecule has 0 spiro atoms. The number of pyridine rings is 1. The van der Waals surface area contributed by atoms with Gasteiger partial charge in [0.15, 0.2) is 0 Å². The van der Waals surface area contributed by atoms with E-state index in [0.717, 1.165) is 11.3 Å². The molecule has 5 nitrogen and oxygen atoms in total. The Hall–Kier alpha value is -2.56. The molecule has 0 atom stereocenters. The van der Waals surface area contributed by atoms with Crippen LogP contribution < -0.4 is 10.5 Å². The summed E-state index contributed by atoms with van der Waals surface area (Å²) in [4.78, 5) is 16.3. The van der Waals surface area contributed by atoms with E-state index in [2.05, 4.69) is 4.98 Å². The Balaban J connectivity index is 2.07. The molecule has 2 aromatic rings. The van der Waals surface area contributed by atoms with Gasteiger partial charge in [0.25, 0.3) is 0 Å². The zero-order valence-corrected chi connectivity index (χ0v) is 12.3. The molecule has 0 amide bonds. The Bertz CT molecular complexity index is 669. The molecule has 0 saturated carbocycles. The summed E-state index contributed by atoms with van der Waals surface area (Å²) in [6.07, 6.45) is 0. The molecule has 5 heteroatoms. The molecule has 0 radical (unpaired) electrons. The van der Waals surface area contributed by atoms with E-state index in [9.17, 15) is 4.79 Å². The fourth-order valence-electron chi connectivity index (χ4n) is 1.92. The fraction of sp³-hybridized carbons (Fsp3) is 0.250. The van der Waals surface area contributed by atoms with E-state index >= 15 is 0 Å². The highest BCUT2D eigenvalue weighted by Crippen LogP contribution is 2.16. The summed E-state index contributed by atoms with van der Waals surface area (Å²) in [7, 11) is 1.59. The molecule has 110 valence electrons. The average Bonchev–Trinajstić information content (AvgIpc) is 2.47. The lowest BCUT2D eigenvalue weighted by Gasteiger charge is -2.08. The van der Waals surface area contributed by atoms with Crippen molar-refractivity contribution in [3.05, 3.63) is 52.8 Å². The van der Waals surface area contributed by atoms with E-state index in [4.69, 9.17) is 15.2 Å². The molecule has 1 heterocycles. The number of hydrogen-bond acceptors (Lipinski definition) is 5. The van der Waals surface area contributed by atoms with Crippen molar-refractivity contribution in [2.24, 2.45) is 0 Å². The largest absolute Gasteiger partial charge is 0.497 e. The van der Waals surface area contributed by atoms with Crippen molar-refractivity contribution in [1.29, 1.82) is 0 Å². The summed E-state index contributed by atoms with van der Waals surface area (Å²) in [6, 6.07) is 8.61. The van der Waals surface area contributed by atoms with Crippen LogP contribution in [0.3, 0.4) is 0 Å². The number of aromatic nitrogens is 1. The topological polar surface area (TPSA) is 74.4 Å². The quantitative estimate of drug-likeness (QED) is 0.691. The van der Waals surface area contributed by atoms with Gasteiger partial charge in [-0.25, -0.2) is 4.79 Å². The van der Waals surface area contributed by atoms with Crippen LogP contribution in [-0.2, 0) is 11.3 Å². The van der Waals surface area contributed by atoms with Gasteiger partial charge in [0.1, 0.15) is 12.4 Å². The molecule has 21 heavy (non-hydrogen) atoms. The van der Waals surface area contributed by atoms with Gasteiger partial charge in [-0.2, -0.15) is 0 Å². The van der Waals surface area contributed by atoms with Crippen LogP contribution in [0.15, 0.2) is 30.3 Å². The second-order valence-electron chi connectivity index (χ2n) is 4.79. The summed E-state index contributed by atoms with van der Waals surface area (Å²) in [6.45, 7) is 3.80. The number of anilines is 1. The monoisotopic (exact) mass is 286 g/mol. The number of esters is 1. The third kappa shape index (κ3) is 3.72. The molecule has 2 rings (SSSR count). The highest BCUT2D eigenvalue weighted by molar-refractivity contribution is 5.90. The number of aryl methyl sites for hydroxylation is 2. The van der Waals surface area contributed by atoms with Gasteiger partial charge in [-0.15, -0.1) is 0 Å². The predicted molar refractivity (Wildman–Crippen MR) is 80.2 cm³/mol. The molecule has 0 aliphatic carbocycles. The van der Waals surface area contributed by atoms with E-state index in [1.807, 2.05) is 19.9 Å². The van der Waals surface area contributed by atoms with Crippen molar-refractivity contribution in [3.63, 3.8) is 0 Å². The zero-order chi connectivity index (χ0) is 15.4. The van der Waals surface area contributed by atoms with Crippen molar-refractivity contribution in [3.8, 4) is 5.75 Å². The molecule has 0 saturated heterocycles. The number of carbonyl (C=O) groups is 1. The molecule has 0 fully saturated rings. The normalized spacial score (nSPS) is 10.2. The summed E-state index contributed by atoms with van der Waals surface area (Å²) in [5, 5.41) is 0. The first-order valence-electron chi connectivity index (χ1n) is 6.54. The number of benzene rings is 1. The minimum absolute atomic E-state index is 0.0975. The van der Waals surface area contributed by atoms with Crippen LogP contribution in [0.1, 0.15) is 27.3 Å². The number of hydrogen-bond donors (Lipinski definition) is 1. The van der Waals surface area contributed by atoms with E-state index in [0.29, 0.717) is 22.7 Å². The van der Waals surface area contributed by atoms with Crippen LogP contribution in [0.2, 0.25) is 0 Å². The second kappa shape index (κ2) is 6.26. The van der Waals surface area contributed by atoms with Gasteiger partial charge in [0, 0.05) is 23.5 Å². The molecule has 2 N–H and O–H groups in total. The second-order valence-corrected chi connectivity index (χ2v) is 4.79. The lowest BCUT2D eigenvalue weighted by Crippen LogP contribution is -2.07. The summed E-state index contributed by atoms with van der Waals surface area (Å²) >= 11 is 0. The van der Waals surface area contributed by atoms with E-state index in [1.165, 1.54) is 0 Å². The molecule has 0 unspecified atom stereocenters. The molecule has 1 aromatic heterocycles. The van der Waals surface area contributed by atoms with Crippen LogP contribution in [0.4, 0.5) is 5.69 Å². The fourth-order valence-corrected chi connectivity index (χ4v) is 1.92. The minimum Gasteiger partial charge on any atom is -0.497 e. The lowest BCUT2D eigenvalue weighted by molar-refractivity contribution is 0.0467. The SMILES string of the molecule is COc1cc(C)nc(COC(=O)c2ccc(N)c(C)c2)c1. The zero-order valence-electron chi connectivity index (χ0n) is 12.3. The van der Waals surface area contributed by atoms with Crippen molar-refractivity contribution in [2.45, 2.75) is 20.5 Å². The third-order valence-electron chi connectivity index (χ3n) is 3.07. The smallest absolute Gasteiger partial charge is 0.338 e. The number of rotatable bonds is 4. The average molecular weight is 286 g/mol. The van der Waals surface area contributed by atoms with Gasteiger partial charge in [0.05, 0.1) is 18.4 Å². The van der Waals surface area contributed by atoms with Crippen LogP contribution in [-0.4, -0.2) is 18.1 Å². The van der Waals surface area contributed by atoms with Crippen LogP contribution >= 0.6 is 0 Å². The summed E-state index contributed by atoms with van der Waals surface area (Å²) in [5.41, 5.74) is 9.15. The van der Waals surface area contributed by atoms with Crippen molar-refractivity contribution >= 4 is 11.7 Å². The van der Waals surface area contributed by atoms with Gasteiger partial charge < -0.3 is 15.2 Å². The lowest BCUT2D eigenvalue weighted by atomic mass is 10.1. The number of methoxy groups -OCH3 is 1. The van der Waals surface area contributed by atoms with E-state index < -0.39 is 5.97 Å². The minimum atomic E-state index is -0.402. The Morgan fingerprint density at radius 3 is 2.67 bits per heavy atom. The van der Waals surface area contributed by atoms with Crippen LogP contribution in [0.25, 0.3) is 0 Å². The first-order valence-corrected chi connectivity index (χ1v) is 6.54. The van der Waals surface area contributed by atoms with Crippen LogP contribution in [0.5, 0.6) is 5.75 Å². The van der Waals surface area contributed by atoms with Crippen molar-refractivity contribution < 1.29 is 14.3 Å². The van der Waals surface area contributed by atoms with Crippen molar-refractivity contribution in [1.82, 2.24) is 4.98 Å². The molecule has 1 aromatic carbocycles. The predicted octanol–water partition coefficient (Wildman–Crippen LogP) is 2.65. The van der Waals surface area contributed by atoms with Gasteiger partial charge in [-0.3, -0.25) is 4.98 Å². The summed E-state index contributed by atoms with van der Waals surface area (Å²) in [5.74, 6) is 0.289. The maximum absolute atomic E-state index is 12.0. The number of nitrogen functional groups attached to an aromatic ring is 1. The first-order chi connectivity index (χ1) is 9.99. The van der Waals surface area contributed by atoms with Gasteiger partial charge in [-0.05, 0) is 37.6 Å². The Morgan fingerprint density at radius 1 is 1.24 bits per heavy atom. The number of nitrogens with two attached hydrogens (primary N) is 1. The van der Waals surface area contributed by atoms with Crippen molar-refractivity contribution in [2.75, 3.05) is 12.8 Å².